The van der Waals surface area contributed by atoms with Crippen molar-refractivity contribution < 1.29 is 14.3 Å². The summed E-state index contributed by atoms with van der Waals surface area (Å²) >= 11 is 0. The van der Waals surface area contributed by atoms with E-state index in [1.165, 1.54) is 0 Å². The molecule has 1 aliphatic heterocycles. The highest BCUT2D eigenvalue weighted by molar-refractivity contribution is 5.84. The molecule has 2 atom stereocenters. The van der Waals surface area contributed by atoms with Crippen LogP contribution in [0, 0.1) is 0 Å². The maximum Gasteiger partial charge on any atom is 0.254 e. The van der Waals surface area contributed by atoms with Gasteiger partial charge in [0, 0.05) is 18.8 Å². The molecule has 26 heavy (non-hydrogen) atoms. The Bertz CT molecular complexity index is 907. The quantitative estimate of drug-likeness (QED) is 0.787. The highest BCUT2D eigenvalue weighted by Gasteiger charge is 2.31. The van der Waals surface area contributed by atoms with Crippen molar-refractivity contribution in [2.75, 3.05) is 6.79 Å². The van der Waals surface area contributed by atoms with Crippen LogP contribution in [0.4, 0.5) is 0 Å². The lowest BCUT2D eigenvalue weighted by Crippen LogP contribution is -2.37. The van der Waals surface area contributed by atoms with Gasteiger partial charge in [-0.2, -0.15) is 5.10 Å². The first-order valence-electron chi connectivity index (χ1n) is 8.40. The topological polar surface area (TPSA) is 65.4 Å². The lowest BCUT2D eigenvalue weighted by Gasteiger charge is -2.27. The minimum atomic E-state index is -0.709. The van der Waals surface area contributed by atoms with E-state index in [2.05, 4.69) is 10.4 Å². The first-order chi connectivity index (χ1) is 12.7. The molecule has 4 rings (SSSR count). The first-order valence-corrected chi connectivity index (χ1v) is 8.40. The van der Waals surface area contributed by atoms with E-state index in [9.17, 15) is 4.79 Å². The van der Waals surface area contributed by atoms with Crippen LogP contribution in [-0.4, -0.2) is 22.5 Å². The molecule has 1 aliphatic rings. The largest absolute Gasteiger partial charge is 0.467 e. The summed E-state index contributed by atoms with van der Waals surface area (Å²) in [5, 5.41) is 7.34. The number of amides is 1. The van der Waals surface area contributed by atoms with Gasteiger partial charge >= 0.3 is 0 Å². The maximum atomic E-state index is 13.0. The maximum absolute atomic E-state index is 13.0. The van der Waals surface area contributed by atoms with Gasteiger partial charge in [0.1, 0.15) is 5.75 Å². The SMILES string of the molecule is Cn1nccc1C(NC(=O)C1OCOc2ccccc21)c1ccccc1. The van der Waals surface area contributed by atoms with Crippen molar-refractivity contribution in [2.24, 2.45) is 7.05 Å². The number of hydrogen-bond acceptors (Lipinski definition) is 4. The van der Waals surface area contributed by atoms with E-state index in [1.54, 1.807) is 10.9 Å². The molecule has 0 fully saturated rings. The molecule has 2 heterocycles. The molecule has 0 spiro atoms. The minimum absolute atomic E-state index is 0.0524. The van der Waals surface area contributed by atoms with E-state index >= 15 is 0 Å². The Balaban J connectivity index is 1.65. The second kappa shape index (κ2) is 7.01. The van der Waals surface area contributed by atoms with E-state index in [4.69, 9.17) is 9.47 Å². The van der Waals surface area contributed by atoms with Crippen molar-refractivity contribution in [2.45, 2.75) is 12.1 Å². The molecular formula is C20H19N3O3. The van der Waals surface area contributed by atoms with Crippen LogP contribution in [0.25, 0.3) is 0 Å². The highest BCUT2D eigenvalue weighted by Crippen LogP contribution is 2.32. The number of ether oxygens (including phenoxy) is 2. The van der Waals surface area contributed by atoms with Crippen LogP contribution in [0.5, 0.6) is 5.75 Å². The molecule has 6 nitrogen and oxygen atoms in total. The predicted molar refractivity (Wildman–Crippen MR) is 95.4 cm³/mol. The standard InChI is InChI=1S/C20H19N3O3/c1-23-16(11-12-21-23)18(14-7-3-2-4-8-14)22-20(24)19-15-9-5-6-10-17(15)25-13-26-19/h2-12,18-19H,13H2,1H3,(H,22,24). The van der Waals surface area contributed by atoms with Crippen molar-refractivity contribution >= 4 is 5.91 Å². The van der Waals surface area contributed by atoms with Gasteiger partial charge in [0.2, 0.25) is 0 Å². The fourth-order valence-corrected chi connectivity index (χ4v) is 3.16. The zero-order valence-electron chi connectivity index (χ0n) is 14.3. The molecular weight excluding hydrogens is 330 g/mol. The van der Waals surface area contributed by atoms with Gasteiger partial charge in [-0.15, -0.1) is 0 Å². The Kier molecular flexibility index (Phi) is 4.41. The van der Waals surface area contributed by atoms with Crippen molar-refractivity contribution in [3.63, 3.8) is 0 Å². The Morgan fingerprint density at radius 3 is 2.69 bits per heavy atom. The zero-order valence-corrected chi connectivity index (χ0v) is 14.3. The fourth-order valence-electron chi connectivity index (χ4n) is 3.16. The third-order valence-electron chi connectivity index (χ3n) is 4.46. The predicted octanol–water partition coefficient (Wildman–Crippen LogP) is 2.73. The third-order valence-corrected chi connectivity index (χ3v) is 4.46. The normalized spacial score (nSPS) is 17.0. The summed E-state index contributed by atoms with van der Waals surface area (Å²) in [6, 6.07) is 18.8. The average molecular weight is 349 g/mol. The number of nitrogens with one attached hydrogen (secondary N) is 1. The molecule has 1 N–H and O–H groups in total. The third kappa shape index (κ3) is 3.07. The van der Waals surface area contributed by atoms with Gasteiger partial charge in [-0.3, -0.25) is 9.48 Å². The van der Waals surface area contributed by atoms with Crippen LogP contribution in [0.3, 0.4) is 0 Å². The summed E-state index contributed by atoms with van der Waals surface area (Å²) in [6.45, 7) is 0.0524. The number of aromatic nitrogens is 2. The Morgan fingerprint density at radius 1 is 1.15 bits per heavy atom. The number of benzene rings is 2. The van der Waals surface area contributed by atoms with Crippen LogP contribution < -0.4 is 10.1 Å². The Labute approximate surface area is 151 Å². The summed E-state index contributed by atoms with van der Waals surface area (Å²) in [7, 11) is 1.86. The molecule has 0 bridgehead atoms. The van der Waals surface area contributed by atoms with E-state index in [0.29, 0.717) is 5.75 Å². The van der Waals surface area contributed by atoms with Crippen molar-refractivity contribution in [1.82, 2.24) is 15.1 Å². The van der Waals surface area contributed by atoms with Gasteiger partial charge in [-0.05, 0) is 17.7 Å². The molecule has 0 saturated carbocycles. The second-order valence-electron chi connectivity index (χ2n) is 6.08. The Hall–Kier alpha value is -3.12. The number of fused-ring (bicyclic) bond motifs is 1. The van der Waals surface area contributed by atoms with E-state index in [0.717, 1.165) is 16.8 Å². The molecule has 2 aromatic carbocycles. The molecule has 3 aromatic rings. The molecule has 1 aromatic heterocycles. The fraction of sp³-hybridized carbons (Fsp3) is 0.200. The molecule has 1 amide bonds. The van der Waals surface area contributed by atoms with E-state index in [1.807, 2.05) is 67.7 Å². The molecule has 6 heteroatoms. The Morgan fingerprint density at radius 2 is 1.92 bits per heavy atom. The number of para-hydroxylation sites is 1. The summed E-state index contributed by atoms with van der Waals surface area (Å²) in [5.41, 5.74) is 2.60. The van der Waals surface area contributed by atoms with Gasteiger partial charge < -0.3 is 14.8 Å². The van der Waals surface area contributed by atoms with Gasteiger partial charge in [0.05, 0.1) is 11.7 Å². The van der Waals surface area contributed by atoms with E-state index < -0.39 is 6.10 Å². The summed E-state index contributed by atoms with van der Waals surface area (Å²) in [4.78, 5) is 13.0. The molecule has 132 valence electrons. The number of aryl methyl sites for hydroxylation is 1. The zero-order chi connectivity index (χ0) is 17.9. The summed E-state index contributed by atoms with van der Waals surface area (Å²) < 4.78 is 12.8. The van der Waals surface area contributed by atoms with Gasteiger partial charge in [-0.1, -0.05) is 48.5 Å². The monoisotopic (exact) mass is 349 g/mol. The minimum Gasteiger partial charge on any atom is -0.467 e. The van der Waals surface area contributed by atoms with Crippen LogP contribution in [-0.2, 0) is 16.6 Å². The van der Waals surface area contributed by atoms with Gasteiger partial charge in [0.25, 0.3) is 5.91 Å². The molecule has 0 aliphatic carbocycles. The first kappa shape index (κ1) is 16.4. The number of rotatable bonds is 4. The number of carbonyl (C=O) groups is 1. The molecule has 0 saturated heterocycles. The molecule has 2 unspecified atom stereocenters. The van der Waals surface area contributed by atoms with Crippen molar-refractivity contribution in [1.29, 1.82) is 0 Å². The summed E-state index contributed by atoms with van der Waals surface area (Å²) in [5.74, 6) is 0.464. The average Bonchev–Trinajstić information content (AvgIpc) is 3.12. The van der Waals surface area contributed by atoms with Crippen molar-refractivity contribution in [3.05, 3.63) is 83.7 Å². The van der Waals surface area contributed by atoms with Gasteiger partial charge in [0.15, 0.2) is 12.9 Å². The smallest absolute Gasteiger partial charge is 0.254 e. The van der Waals surface area contributed by atoms with Crippen LogP contribution in [0.2, 0.25) is 0 Å². The van der Waals surface area contributed by atoms with Gasteiger partial charge in [-0.25, -0.2) is 0 Å². The lowest BCUT2D eigenvalue weighted by atomic mass is 10.0. The van der Waals surface area contributed by atoms with Crippen LogP contribution in [0.15, 0.2) is 66.9 Å². The number of nitrogens with zero attached hydrogens (tertiary/aromatic N) is 2. The molecule has 0 radical (unpaired) electrons. The lowest BCUT2D eigenvalue weighted by molar-refractivity contribution is -0.142. The van der Waals surface area contributed by atoms with Crippen LogP contribution in [0.1, 0.15) is 29.0 Å². The second-order valence-corrected chi connectivity index (χ2v) is 6.08. The number of hydrogen-bond donors (Lipinski definition) is 1. The van der Waals surface area contributed by atoms with Crippen LogP contribution >= 0.6 is 0 Å². The highest BCUT2D eigenvalue weighted by atomic mass is 16.7. The van der Waals surface area contributed by atoms with E-state index in [-0.39, 0.29) is 18.7 Å². The van der Waals surface area contributed by atoms with Crippen molar-refractivity contribution in [3.8, 4) is 5.75 Å². The number of carbonyl (C=O) groups excluding carboxylic acids is 1. The summed E-state index contributed by atoms with van der Waals surface area (Å²) in [6.07, 6.45) is 1.01.